The minimum absolute atomic E-state index is 0.0289. The highest BCUT2D eigenvalue weighted by Gasteiger charge is 2.24. The standard InChI is InChI=1S/C21H20ClN5O/c22-18-9-5-4-8-17(18)21(28)27-14-12-26(13-15-27)20-11-10-19(24-25-20)23-16-6-2-1-3-7-16/h1-11H,12-15H2,(H,23,24). The van der Waals surface area contributed by atoms with Crippen LogP contribution < -0.4 is 10.2 Å². The number of para-hydroxylation sites is 1. The van der Waals surface area contributed by atoms with Gasteiger partial charge in [0, 0.05) is 31.9 Å². The number of hydrogen-bond acceptors (Lipinski definition) is 5. The summed E-state index contributed by atoms with van der Waals surface area (Å²) in [6, 6.07) is 20.9. The van der Waals surface area contributed by atoms with Crippen molar-refractivity contribution >= 4 is 34.8 Å². The Bertz CT molecular complexity index is 941. The summed E-state index contributed by atoms with van der Waals surface area (Å²) in [6.45, 7) is 2.65. The number of amides is 1. The largest absolute Gasteiger partial charge is 0.352 e. The number of benzene rings is 2. The van der Waals surface area contributed by atoms with E-state index in [0.717, 1.165) is 11.5 Å². The highest BCUT2D eigenvalue weighted by atomic mass is 35.5. The van der Waals surface area contributed by atoms with Gasteiger partial charge in [0.1, 0.15) is 0 Å². The van der Waals surface area contributed by atoms with Crippen LogP contribution in [0.1, 0.15) is 10.4 Å². The number of rotatable bonds is 4. The van der Waals surface area contributed by atoms with E-state index in [1.54, 1.807) is 12.1 Å². The predicted octanol–water partition coefficient (Wildman–Crippen LogP) is 3.84. The van der Waals surface area contributed by atoms with E-state index in [1.807, 2.05) is 59.5 Å². The van der Waals surface area contributed by atoms with Gasteiger partial charge in [-0.25, -0.2) is 0 Å². The van der Waals surface area contributed by atoms with Crippen molar-refractivity contribution in [1.82, 2.24) is 15.1 Å². The molecule has 1 aliphatic heterocycles. The molecule has 6 nitrogen and oxygen atoms in total. The molecule has 0 atom stereocenters. The summed E-state index contributed by atoms with van der Waals surface area (Å²) in [5, 5.41) is 12.3. The van der Waals surface area contributed by atoms with Gasteiger partial charge in [-0.1, -0.05) is 41.9 Å². The number of anilines is 3. The van der Waals surface area contributed by atoms with Crippen molar-refractivity contribution in [2.24, 2.45) is 0 Å². The molecule has 3 aromatic rings. The Morgan fingerprint density at radius 1 is 0.857 bits per heavy atom. The molecule has 1 N–H and O–H groups in total. The lowest BCUT2D eigenvalue weighted by atomic mass is 10.2. The number of piperazine rings is 1. The number of carbonyl (C=O) groups is 1. The van der Waals surface area contributed by atoms with Gasteiger partial charge in [0.15, 0.2) is 11.6 Å². The number of nitrogens with one attached hydrogen (secondary N) is 1. The van der Waals surface area contributed by atoms with Crippen LogP contribution in [0.5, 0.6) is 0 Å². The van der Waals surface area contributed by atoms with Crippen LogP contribution in [0.15, 0.2) is 66.7 Å². The van der Waals surface area contributed by atoms with Gasteiger partial charge in [-0.05, 0) is 36.4 Å². The summed E-state index contributed by atoms with van der Waals surface area (Å²) < 4.78 is 0. The average Bonchev–Trinajstić information content (AvgIpc) is 2.75. The first-order chi connectivity index (χ1) is 13.7. The highest BCUT2D eigenvalue weighted by molar-refractivity contribution is 6.33. The number of aromatic nitrogens is 2. The maximum atomic E-state index is 12.7. The third-order valence-corrected chi connectivity index (χ3v) is 5.02. The van der Waals surface area contributed by atoms with Crippen LogP contribution in [-0.4, -0.2) is 47.2 Å². The molecule has 28 heavy (non-hydrogen) atoms. The molecule has 0 unspecified atom stereocenters. The Morgan fingerprint density at radius 2 is 1.57 bits per heavy atom. The smallest absolute Gasteiger partial charge is 0.255 e. The van der Waals surface area contributed by atoms with E-state index < -0.39 is 0 Å². The molecule has 1 aromatic heterocycles. The summed E-state index contributed by atoms with van der Waals surface area (Å²) in [5.74, 6) is 1.48. The Morgan fingerprint density at radius 3 is 2.25 bits per heavy atom. The first-order valence-corrected chi connectivity index (χ1v) is 9.53. The molecule has 2 heterocycles. The molecule has 1 fully saturated rings. The van der Waals surface area contributed by atoms with Crippen LogP contribution in [-0.2, 0) is 0 Å². The third kappa shape index (κ3) is 4.07. The number of hydrogen-bond donors (Lipinski definition) is 1. The van der Waals surface area contributed by atoms with Crippen molar-refractivity contribution in [2.45, 2.75) is 0 Å². The van der Waals surface area contributed by atoms with Crippen LogP contribution in [0.25, 0.3) is 0 Å². The van der Waals surface area contributed by atoms with E-state index in [-0.39, 0.29) is 5.91 Å². The maximum Gasteiger partial charge on any atom is 0.255 e. The van der Waals surface area contributed by atoms with Crippen molar-refractivity contribution in [2.75, 3.05) is 36.4 Å². The molecule has 0 saturated carbocycles. The van der Waals surface area contributed by atoms with Crippen molar-refractivity contribution < 1.29 is 4.79 Å². The topological polar surface area (TPSA) is 61.4 Å². The van der Waals surface area contributed by atoms with Crippen LogP contribution in [0.4, 0.5) is 17.3 Å². The normalized spacial score (nSPS) is 14.0. The Balaban J connectivity index is 1.36. The molecular weight excluding hydrogens is 374 g/mol. The van der Waals surface area contributed by atoms with Crippen molar-refractivity contribution in [3.05, 3.63) is 77.3 Å². The predicted molar refractivity (Wildman–Crippen MR) is 111 cm³/mol. The second-order valence-corrected chi connectivity index (χ2v) is 6.93. The highest BCUT2D eigenvalue weighted by Crippen LogP contribution is 2.20. The van der Waals surface area contributed by atoms with Gasteiger partial charge in [-0.3, -0.25) is 4.79 Å². The van der Waals surface area contributed by atoms with Gasteiger partial charge >= 0.3 is 0 Å². The zero-order chi connectivity index (χ0) is 19.3. The van der Waals surface area contributed by atoms with E-state index in [2.05, 4.69) is 20.4 Å². The second kappa shape index (κ2) is 8.27. The molecule has 4 rings (SSSR count). The minimum Gasteiger partial charge on any atom is -0.352 e. The van der Waals surface area contributed by atoms with Gasteiger partial charge in [0.05, 0.1) is 10.6 Å². The van der Waals surface area contributed by atoms with Gasteiger partial charge in [0.25, 0.3) is 5.91 Å². The van der Waals surface area contributed by atoms with Crippen molar-refractivity contribution in [3.8, 4) is 0 Å². The van der Waals surface area contributed by atoms with E-state index in [9.17, 15) is 4.79 Å². The second-order valence-electron chi connectivity index (χ2n) is 6.53. The summed E-state index contributed by atoms with van der Waals surface area (Å²) in [7, 11) is 0. The molecule has 0 bridgehead atoms. The number of halogens is 1. The SMILES string of the molecule is O=C(c1ccccc1Cl)N1CCN(c2ccc(Nc3ccccc3)nn2)CC1. The minimum atomic E-state index is -0.0289. The molecule has 2 aromatic carbocycles. The fourth-order valence-corrected chi connectivity index (χ4v) is 3.39. The molecule has 1 amide bonds. The molecule has 0 aliphatic carbocycles. The monoisotopic (exact) mass is 393 g/mol. The Hall–Kier alpha value is -3.12. The Kier molecular flexibility index (Phi) is 5.39. The molecule has 0 radical (unpaired) electrons. The third-order valence-electron chi connectivity index (χ3n) is 4.69. The molecule has 7 heteroatoms. The number of nitrogens with zero attached hydrogens (tertiary/aromatic N) is 4. The first-order valence-electron chi connectivity index (χ1n) is 9.15. The van der Waals surface area contributed by atoms with E-state index in [4.69, 9.17) is 11.6 Å². The molecule has 1 saturated heterocycles. The van der Waals surface area contributed by atoms with Crippen LogP contribution >= 0.6 is 11.6 Å². The zero-order valence-corrected chi connectivity index (χ0v) is 16.0. The quantitative estimate of drug-likeness (QED) is 0.729. The number of carbonyl (C=O) groups excluding carboxylic acids is 1. The summed E-state index contributed by atoms with van der Waals surface area (Å²) >= 11 is 6.15. The Labute approximate surface area is 168 Å². The first kappa shape index (κ1) is 18.3. The maximum absolute atomic E-state index is 12.7. The van der Waals surface area contributed by atoms with Crippen molar-refractivity contribution in [3.63, 3.8) is 0 Å². The van der Waals surface area contributed by atoms with Crippen LogP contribution in [0.2, 0.25) is 5.02 Å². The summed E-state index contributed by atoms with van der Waals surface area (Å²) in [6.07, 6.45) is 0. The lowest BCUT2D eigenvalue weighted by Gasteiger charge is -2.35. The van der Waals surface area contributed by atoms with Gasteiger partial charge in [-0.2, -0.15) is 0 Å². The van der Waals surface area contributed by atoms with Crippen LogP contribution in [0, 0.1) is 0 Å². The van der Waals surface area contributed by atoms with E-state index in [0.29, 0.717) is 42.6 Å². The molecule has 0 spiro atoms. The van der Waals surface area contributed by atoms with E-state index in [1.165, 1.54) is 0 Å². The van der Waals surface area contributed by atoms with Gasteiger partial charge in [-0.15, -0.1) is 10.2 Å². The average molecular weight is 394 g/mol. The molecular formula is C21H20ClN5O. The fourth-order valence-electron chi connectivity index (χ4n) is 3.17. The van der Waals surface area contributed by atoms with Gasteiger partial charge in [0.2, 0.25) is 0 Å². The molecule has 142 valence electrons. The van der Waals surface area contributed by atoms with Gasteiger partial charge < -0.3 is 15.1 Å². The fraction of sp³-hybridized carbons (Fsp3) is 0.190. The summed E-state index contributed by atoms with van der Waals surface area (Å²) in [5.41, 5.74) is 1.52. The lowest BCUT2D eigenvalue weighted by Crippen LogP contribution is -2.49. The molecule has 1 aliphatic rings. The lowest BCUT2D eigenvalue weighted by molar-refractivity contribution is 0.0746. The van der Waals surface area contributed by atoms with Crippen molar-refractivity contribution in [1.29, 1.82) is 0 Å². The van der Waals surface area contributed by atoms with Crippen LogP contribution in [0.3, 0.4) is 0 Å². The zero-order valence-electron chi connectivity index (χ0n) is 15.3. The summed E-state index contributed by atoms with van der Waals surface area (Å²) in [4.78, 5) is 16.6. The van der Waals surface area contributed by atoms with E-state index >= 15 is 0 Å².